The quantitative estimate of drug-likeness (QED) is 0.435. The number of hydrogen-bond donors (Lipinski definition) is 2. The molecule has 0 atom stereocenters. The van der Waals surface area contributed by atoms with E-state index in [0.717, 1.165) is 30.2 Å². The Balaban J connectivity index is 0.000000434. The Morgan fingerprint density at radius 3 is 2.22 bits per heavy atom. The van der Waals surface area contributed by atoms with Gasteiger partial charge in [-0.3, -0.25) is 19.2 Å². The lowest BCUT2D eigenvalue weighted by Crippen LogP contribution is -2.52. The number of amides is 4. The van der Waals surface area contributed by atoms with Crippen LogP contribution in [0.4, 0.5) is 0 Å². The summed E-state index contributed by atoms with van der Waals surface area (Å²) in [4.78, 5) is 50.7. The molecule has 2 aromatic rings. The lowest BCUT2D eigenvalue weighted by molar-refractivity contribution is -0.134. The fraction of sp³-hybridized carbons (Fsp3) is 0.429. The average molecular weight is 495 g/mol. The fourth-order valence-electron chi connectivity index (χ4n) is 3.68. The van der Waals surface area contributed by atoms with Crippen molar-refractivity contribution in [2.45, 2.75) is 33.6 Å². The minimum absolute atomic E-state index is 0.00740. The fourth-order valence-corrected chi connectivity index (χ4v) is 3.68. The summed E-state index contributed by atoms with van der Waals surface area (Å²) in [6, 6.07) is 13.6. The molecular formula is C28H38N4O4. The molecule has 1 fully saturated rings. The van der Waals surface area contributed by atoms with Crippen molar-refractivity contribution in [2.75, 3.05) is 39.3 Å². The number of benzene rings is 2. The summed E-state index contributed by atoms with van der Waals surface area (Å²) in [6.07, 6.45) is 3.44. The van der Waals surface area contributed by atoms with E-state index in [-0.39, 0.29) is 36.1 Å². The maximum atomic E-state index is 12.9. The molecule has 8 nitrogen and oxygen atoms in total. The zero-order chi connectivity index (χ0) is 26.5. The second-order valence-electron chi connectivity index (χ2n) is 8.92. The third-order valence-corrected chi connectivity index (χ3v) is 5.89. The van der Waals surface area contributed by atoms with Gasteiger partial charge >= 0.3 is 0 Å². The number of nitrogens with zero attached hydrogens (tertiary/aromatic N) is 2. The maximum Gasteiger partial charge on any atom is 0.254 e. The van der Waals surface area contributed by atoms with E-state index in [4.69, 9.17) is 0 Å². The number of carbonyl (C=O) groups excluding carboxylic acids is 4. The molecule has 2 N–H and O–H groups in total. The molecule has 0 spiro atoms. The summed E-state index contributed by atoms with van der Waals surface area (Å²) < 4.78 is 0. The zero-order valence-electron chi connectivity index (χ0n) is 21.6. The summed E-state index contributed by atoms with van der Waals surface area (Å²) in [7, 11) is 0. The van der Waals surface area contributed by atoms with Crippen LogP contribution < -0.4 is 10.6 Å². The summed E-state index contributed by atoms with van der Waals surface area (Å²) in [5, 5.41) is 7.31. The molecule has 36 heavy (non-hydrogen) atoms. The van der Waals surface area contributed by atoms with Crippen LogP contribution in [0.5, 0.6) is 0 Å². The summed E-state index contributed by atoms with van der Waals surface area (Å²) in [6.45, 7) is 11.7. The normalized spacial score (nSPS) is 13.0. The number of hydrogen-bond acceptors (Lipinski definition) is 4. The van der Waals surface area contributed by atoms with E-state index in [1.807, 2.05) is 42.5 Å². The topological polar surface area (TPSA) is 98.8 Å². The average Bonchev–Trinajstić information content (AvgIpc) is 2.91. The van der Waals surface area contributed by atoms with E-state index < -0.39 is 0 Å². The van der Waals surface area contributed by atoms with Gasteiger partial charge in [0.15, 0.2) is 0 Å². The Morgan fingerprint density at radius 2 is 1.58 bits per heavy atom. The first-order chi connectivity index (χ1) is 17.3. The van der Waals surface area contributed by atoms with Gasteiger partial charge in [-0.05, 0) is 29.3 Å². The minimum atomic E-state index is -0.145. The van der Waals surface area contributed by atoms with Gasteiger partial charge in [0, 0.05) is 44.2 Å². The number of rotatable bonds is 8. The van der Waals surface area contributed by atoms with E-state index in [1.54, 1.807) is 23.6 Å². The molecule has 0 saturated carbocycles. The van der Waals surface area contributed by atoms with Crippen LogP contribution in [0.1, 0.15) is 44.0 Å². The molecule has 0 aliphatic carbocycles. The van der Waals surface area contributed by atoms with E-state index in [1.165, 1.54) is 6.08 Å². The highest BCUT2D eigenvalue weighted by Crippen LogP contribution is 2.20. The van der Waals surface area contributed by atoms with Gasteiger partial charge in [-0.25, -0.2) is 0 Å². The molecule has 0 bridgehead atoms. The first-order valence-electron chi connectivity index (χ1n) is 12.5. The van der Waals surface area contributed by atoms with Crippen molar-refractivity contribution in [3.63, 3.8) is 0 Å². The molecule has 1 heterocycles. The Bertz CT molecular complexity index is 1050. The lowest BCUT2D eigenvalue weighted by atomic mass is 10.0. The second-order valence-corrected chi connectivity index (χ2v) is 8.92. The predicted molar refractivity (Wildman–Crippen MR) is 142 cm³/mol. The van der Waals surface area contributed by atoms with Crippen molar-refractivity contribution < 1.29 is 19.2 Å². The molecule has 0 unspecified atom stereocenters. The van der Waals surface area contributed by atoms with Crippen LogP contribution in [-0.2, 0) is 14.4 Å². The first kappa shape index (κ1) is 28.6. The van der Waals surface area contributed by atoms with Gasteiger partial charge < -0.3 is 20.4 Å². The highest BCUT2D eigenvalue weighted by molar-refractivity contribution is 6.07. The van der Waals surface area contributed by atoms with Gasteiger partial charge in [-0.15, -0.1) is 0 Å². The highest BCUT2D eigenvalue weighted by Gasteiger charge is 2.25. The molecule has 3 rings (SSSR count). The van der Waals surface area contributed by atoms with Crippen molar-refractivity contribution in [1.29, 1.82) is 0 Å². The molecule has 1 aliphatic rings. The Kier molecular flexibility index (Phi) is 11.6. The van der Waals surface area contributed by atoms with Crippen molar-refractivity contribution in [3.05, 3.63) is 60.7 Å². The SMILES string of the molecule is C=CC(=O)NCCCC.CC(C)C(=O)NCC(=O)N1CCN(C(=O)c2cccc3ccccc23)CC1. The lowest BCUT2D eigenvalue weighted by Gasteiger charge is -2.35. The van der Waals surface area contributed by atoms with E-state index in [2.05, 4.69) is 24.1 Å². The van der Waals surface area contributed by atoms with Gasteiger partial charge in [0.25, 0.3) is 5.91 Å². The van der Waals surface area contributed by atoms with Crippen LogP contribution in [0.2, 0.25) is 0 Å². The van der Waals surface area contributed by atoms with Crippen LogP contribution >= 0.6 is 0 Å². The molecule has 2 aromatic carbocycles. The summed E-state index contributed by atoms with van der Waals surface area (Å²) in [5.74, 6) is -0.474. The molecule has 194 valence electrons. The van der Waals surface area contributed by atoms with Crippen molar-refractivity contribution >= 4 is 34.4 Å². The number of unbranched alkanes of at least 4 members (excludes halogenated alkanes) is 1. The van der Waals surface area contributed by atoms with Gasteiger partial charge in [-0.1, -0.05) is 70.2 Å². The van der Waals surface area contributed by atoms with E-state index in [9.17, 15) is 19.2 Å². The van der Waals surface area contributed by atoms with Crippen LogP contribution in [0.25, 0.3) is 10.8 Å². The second kappa shape index (κ2) is 14.7. The molecule has 0 radical (unpaired) electrons. The van der Waals surface area contributed by atoms with Gasteiger partial charge in [0.05, 0.1) is 6.54 Å². The Morgan fingerprint density at radius 1 is 0.944 bits per heavy atom. The zero-order valence-corrected chi connectivity index (χ0v) is 21.6. The first-order valence-corrected chi connectivity index (χ1v) is 12.5. The minimum Gasteiger partial charge on any atom is -0.353 e. The molecule has 1 aliphatic heterocycles. The predicted octanol–water partition coefficient (Wildman–Crippen LogP) is 2.99. The number of carbonyl (C=O) groups is 4. The molecule has 8 heteroatoms. The van der Waals surface area contributed by atoms with Crippen molar-refractivity contribution in [3.8, 4) is 0 Å². The number of fused-ring (bicyclic) bond motifs is 1. The Labute approximate surface area is 213 Å². The Hall–Kier alpha value is -3.68. The smallest absolute Gasteiger partial charge is 0.254 e. The molecular weight excluding hydrogens is 456 g/mol. The number of piperazine rings is 1. The van der Waals surface area contributed by atoms with Crippen molar-refractivity contribution in [1.82, 2.24) is 20.4 Å². The van der Waals surface area contributed by atoms with Gasteiger partial charge in [0.1, 0.15) is 0 Å². The van der Waals surface area contributed by atoms with Gasteiger partial charge in [-0.2, -0.15) is 0 Å². The van der Waals surface area contributed by atoms with Gasteiger partial charge in [0.2, 0.25) is 17.7 Å². The monoisotopic (exact) mass is 494 g/mol. The van der Waals surface area contributed by atoms with E-state index >= 15 is 0 Å². The maximum absolute atomic E-state index is 12.9. The molecule has 0 aromatic heterocycles. The van der Waals surface area contributed by atoms with E-state index in [0.29, 0.717) is 31.7 Å². The largest absolute Gasteiger partial charge is 0.353 e. The summed E-state index contributed by atoms with van der Waals surface area (Å²) in [5.41, 5.74) is 0.692. The number of nitrogens with one attached hydrogen (secondary N) is 2. The van der Waals surface area contributed by atoms with Crippen LogP contribution in [-0.4, -0.2) is 72.7 Å². The third-order valence-electron chi connectivity index (χ3n) is 5.89. The van der Waals surface area contributed by atoms with Crippen molar-refractivity contribution in [2.24, 2.45) is 5.92 Å². The van der Waals surface area contributed by atoms with Crippen LogP contribution in [0.15, 0.2) is 55.1 Å². The van der Waals surface area contributed by atoms with Crippen LogP contribution in [0.3, 0.4) is 0 Å². The van der Waals surface area contributed by atoms with Crippen LogP contribution in [0, 0.1) is 5.92 Å². The standard InChI is InChI=1S/C21H25N3O3.C7H13NO/c1-15(2)20(26)22-14-19(25)23-10-12-24(13-11-23)21(27)18-9-5-7-16-6-3-4-8-17(16)18;1-3-5-6-8-7(9)4-2/h3-9,15H,10-14H2,1-2H3,(H,22,26);4H,2-3,5-6H2,1H3,(H,8,9). The molecule has 1 saturated heterocycles. The summed E-state index contributed by atoms with van der Waals surface area (Å²) >= 11 is 0. The highest BCUT2D eigenvalue weighted by atomic mass is 16.2. The third kappa shape index (κ3) is 8.52. The molecule has 4 amide bonds.